The molecule has 19 heavy (non-hydrogen) atoms. The lowest BCUT2D eigenvalue weighted by atomic mass is 10.3. The number of imide groups is 1. The van der Waals surface area contributed by atoms with Gasteiger partial charge in [0.2, 0.25) is 0 Å². The number of carbonyl (C=O) groups is 3. The highest BCUT2D eigenvalue weighted by molar-refractivity contribution is 9.13. The predicted molar refractivity (Wildman–Crippen MR) is 70.0 cm³/mol. The van der Waals surface area contributed by atoms with Crippen LogP contribution in [0.3, 0.4) is 0 Å². The number of urea groups is 1. The first-order valence-corrected chi connectivity index (χ1v) is 6.48. The van der Waals surface area contributed by atoms with Crippen LogP contribution in [0.4, 0.5) is 4.79 Å². The molecular weight excluding hydrogens is 388 g/mol. The molecule has 100 valence electrons. The van der Waals surface area contributed by atoms with E-state index < -0.39 is 24.5 Å². The number of hydrogen-bond acceptors (Lipinski definition) is 4. The van der Waals surface area contributed by atoms with Gasteiger partial charge in [0.1, 0.15) is 18.0 Å². The fourth-order valence-corrected chi connectivity index (χ4v) is 2.04. The summed E-state index contributed by atoms with van der Waals surface area (Å²) >= 11 is 6.34. The second kappa shape index (κ2) is 5.17. The van der Waals surface area contributed by atoms with Crippen molar-refractivity contribution in [3.05, 3.63) is 26.7 Å². The Labute approximate surface area is 123 Å². The Morgan fingerprint density at radius 2 is 2.16 bits per heavy atom. The van der Waals surface area contributed by atoms with Crippen LogP contribution in [0.1, 0.15) is 5.76 Å². The number of nitrogens with zero attached hydrogens (tertiary/aromatic N) is 1. The first-order valence-electron chi connectivity index (χ1n) is 4.89. The number of rotatable bonds is 3. The molecule has 2 rings (SSSR count). The number of carboxylic acids is 1. The summed E-state index contributed by atoms with van der Waals surface area (Å²) in [5, 5.41) is 10.9. The molecule has 1 aliphatic rings. The maximum atomic E-state index is 11.8. The number of nitrogens with one attached hydrogen (secondary N) is 1. The third kappa shape index (κ3) is 2.87. The van der Waals surface area contributed by atoms with Gasteiger partial charge in [0.15, 0.2) is 4.67 Å². The van der Waals surface area contributed by atoms with Crippen molar-refractivity contribution in [2.24, 2.45) is 0 Å². The molecule has 0 spiro atoms. The summed E-state index contributed by atoms with van der Waals surface area (Å²) < 4.78 is 6.33. The highest BCUT2D eigenvalue weighted by Gasteiger charge is 2.35. The lowest BCUT2D eigenvalue weighted by molar-refractivity contribution is -0.140. The van der Waals surface area contributed by atoms with Crippen molar-refractivity contribution >= 4 is 55.8 Å². The second-order valence-corrected chi connectivity index (χ2v) is 5.12. The number of carboxylic acid groups (broad SMARTS) is 1. The molecule has 2 heterocycles. The van der Waals surface area contributed by atoms with Gasteiger partial charge in [-0.2, -0.15) is 0 Å². The topological polar surface area (TPSA) is 99.8 Å². The molecule has 0 radical (unpaired) electrons. The third-order valence-electron chi connectivity index (χ3n) is 2.21. The Balaban J connectivity index is 2.25. The van der Waals surface area contributed by atoms with Crippen LogP contribution in [0, 0.1) is 0 Å². The average molecular weight is 394 g/mol. The lowest BCUT2D eigenvalue weighted by Gasteiger charge is -2.06. The zero-order valence-corrected chi connectivity index (χ0v) is 12.3. The predicted octanol–water partition coefficient (Wildman–Crippen LogP) is 1.78. The van der Waals surface area contributed by atoms with E-state index in [2.05, 4.69) is 37.2 Å². The molecule has 0 aliphatic carbocycles. The van der Waals surface area contributed by atoms with Crippen molar-refractivity contribution in [3.8, 4) is 0 Å². The van der Waals surface area contributed by atoms with Gasteiger partial charge in [-0.05, 0) is 37.9 Å². The van der Waals surface area contributed by atoms with Gasteiger partial charge < -0.3 is 14.8 Å². The number of hydrogen-bond donors (Lipinski definition) is 2. The van der Waals surface area contributed by atoms with E-state index in [1.807, 2.05) is 0 Å². The number of carbonyl (C=O) groups excluding carboxylic acids is 2. The number of furan rings is 1. The maximum Gasteiger partial charge on any atom is 0.329 e. The van der Waals surface area contributed by atoms with Crippen LogP contribution in [-0.2, 0) is 9.59 Å². The van der Waals surface area contributed by atoms with Crippen molar-refractivity contribution in [2.75, 3.05) is 6.54 Å². The largest absolute Gasteiger partial charge is 0.480 e. The minimum absolute atomic E-state index is 0.0417. The highest BCUT2D eigenvalue weighted by atomic mass is 79.9. The molecule has 1 saturated heterocycles. The maximum absolute atomic E-state index is 11.8. The molecule has 7 nitrogen and oxygen atoms in total. The minimum Gasteiger partial charge on any atom is -0.480 e. The molecular formula is C10H6Br2N2O5. The quantitative estimate of drug-likeness (QED) is 0.602. The van der Waals surface area contributed by atoms with E-state index in [9.17, 15) is 14.4 Å². The van der Waals surface area contributed by atoms with Crippen molar-refractivity contribution < 1.29 is 23.9 Å². The monoisotopic (exact) mass is 392 g/mol. The van der Waals surface area contributed by atoms with Gasteiger partial charge in [0, 0.05) is 6.08 Å². The van der Waals surface area contributed by atoms with Crippen LogP contribution in [0.5, 0.6) is 0 Å². The summed E-state index contributed by atoms with van der Waals surface area (Å²) in [6.45, 7) is -0.687. The summed E-state index contributed by atoms with van der Waals surface area (Å²) in [5.41, 5.74) is -0.0417. The first-order chi connectivity index (χ1) is 8.88. The van der Waals surface area contributed by atoms with Crippen molar-refractivity contribution in [3.63, 3.8) is 0 Å². The zero-order chi connectivity index (χ0) is 14.2. The van der Waals surface area contributed by atoms with Crippen LogP contribution >= 0.6 is 31.9 Å². The van der Waals surface area contributed by atoms with Crippen molar-refractivity contribution in [1.82, 2.24) is 10.2 Å². The number of aliphatic carboxylic acids is 1. The van der Waals surface area contributed by atoms with Crippen LogP contribution in [0.15, 0.2) is 25.3 Å². The van der Waals surface area contributed by atoms with Gasteiger partial charge >= 0.3 is 12.0 Å². The van der Waals surface area contributed by atoms with Gasteiger partial charge in [0.05, 0.1) is 4.47 Å². The van der Waals surface area contributed by atoms with Crippen molar-refractivity contribution in [1.29, 1.82) is 0 Å². The normalized spacial score (nSPS) is 17.2. The molecule has 0 saturated carbocycles. The fraction of sp³-hybridized carbons (Fsp3) is 0.100. The SMILES string of the molecule is O=C(O)CN1C(=O)N/C(=C/c2cc(Br)c(Br)o2)C1=O. The summed E-state index contributed by atoms with van der Waals surface area (Å²) in [6, 6.07) is 0.819. The Morgan fingerprint density at radius 3 is 2.68 bits per heavy atom. The van der Waals surface area contributed by atoms with Crippen LogP contribution in [0.2, 0.25) is 0 Å². The minimum atomic E-state index is -1.27. The molecule has 1 fully saturated rings. The molecule has 0 atom stereocenters. The zero-order valence-electron chi connectivity index (χ0n) is 9.15. The van der Waals surface area contributed by atoms with E-state index in [0.717, 1.165) is 0 Å². The molecule has 2 N–H and O–H groups in total. The molecule has 1 aliphatic heterocycles. The Morgan fingerprint density at radius 1 is 1.47 bits per heavy atom. The molecule has 1 aromatic rings. The van der Waals surface area contributed by atoms with E-state index >= 15 is 0 Å². The van der Waals surface area contributed by atoms with Crippen LogP contribution in [0.25, 0.3) is 6.08 Å². The van der Waals surface area contributed by atoms with Gasteiger partial charge in [-0.25, -0.2) is 9.69 Å². The van der Waals surface area contributed by atoms with E-state index in [1.54, 1.807) is 6.07 Å². The highest BCUT2D eigenvalue weighted by Crippen LogP contribution is 2.28. The van der Waals surface area contributed by atoms with E-state index in [-0.39, 0.29) is 5.70 Å². The number of amides is 3. The summed E-state index contributed by atoms with van der Waals surface area (Å²) in [7, 11) is 0. The fourth-order valence-electron chi connectivity index (χ4n) is 1.43. The molecule has 3 amide bonds. The summed E-state index contributed by atoms with van der Waals surface area (Å²) in [5.74, 6) is -1.65. The molecule has 9 heteroatoms. The molecule has 0 unspecified atom stereocenters. The van der Waals surface area contributed by atoms with Gasteiger partial charge in [-0.1, -0.05) is 0 Å². The van der Waals surface area contributed by atoms with E-state index in [4.69, 9.17) is 9.52 Å². The summed E-state index contributed by atoms with van der Waals surface area (Å²) in [6.07, 6.45) is 1.32. The van der Waals surface area contributed by atoms with Gasteiger partial charge in [0.25, 0.3) is 5.91 Å². The van der Waals surface area contributed by atoms with Crippen LogP contribution < -0.4 is 5.32 Å². The average Bonchev–Trinajstić information content (AvgIpc) is 2.74. The molecule has 0 aromatic carbocycles. The van der Waals surface area contributed by atoms with E-state index in [0.29, 0.717) is 19.8 Å². The second-order valence-electron chi connectivity index (χ2n) is 3.54. The van der Waals surface area contributed by atoms with Crippen molar-refractivity contribution in [2.45, 2.75) is 0 Å². The smallest absolute Gasteiger partial charge is 0.329 e. The van der Waals surface area contributed by atoms with Crippen LogP contribution in [-0.4, -0.2) is 34.5 Å². The Bertz CT molecular complexity index is 588. The van der Waals surface area contributed by atoms with E-state index in [1.165, 1.54) is 6.08 Å². The van der Waals surface area contributed by atoms with Gasteiger partial charge in [-0.3, -0.25) is 9.59 Å². The number of halogens is 2. The molecule has 0 bridgehead atoms. The van der Waals surface area contributed by atoms with Gasteiger partial charge in [-0.15, -0.1) is 0 Å². The first kappa shape index (κ1) is 13.8. The third-order valence-corrected chi connectivity index (χ3v) is 3.92. The molecule has 1 aromatic heterocycles. The Kier molecular flexibility index (Phi) is 3.76. The lowest BCUT2D eigenvalue weighted by Crippen LogP contribution is -2.35. The Hall–Kier alpha value is -1.61. The standard InChI is InChI=1S/C10H6Br2N2O5/c11-5-1-4(19-8(5)12)2-6-9(17)14(3-7(15)16)10(18)13-6/h1-2H,3H2,(H,13,18)(H,15,16)/b6-2+. The summed E-state index contributed by atoms with van der Waals surface area (Å²) in [4.78, 5) is 34.4.